The average molecular weight is 672 g/mol. The number of pyridine rings is 1. The van der Waals surface area contributed by atoms with Gasteiger partial charge in [-0.15, -0.1) is 22.0 Å². The number of ether oxygens (including phenoxy) is 2. The molecule has 4 aromatic rings. The Kier molecular flexibility index (Phi) is 10.0. The van der Waals surface area contributed by atoms with Crippen LogP contribution in [0.5, 0.6) is 0 Å². The number of amides is 1. The van der Waals surface area contributed by atoms with E-state index in [1.165, 1.54) is 45.6 Å². The zero-order valence-corrected chi connectivity index (χ0v) is 29.6. The minimum absolute atomic E-state index is 0.134. The molecule has 240 valence electrons. The number of thioether (sulfide) groups is 1. The Hall–Kier alpha value is -3.48. The molecule has 4 rings (SSSR count). The number of carbonyl (C=O) groups is 2. The van der Waals surface area contributed by atoms with Gasteiger partial charge in [-0.25, -0.2) is 28.4 Å². The molecule has 0 aliphatic carbocycles. The fourth-order valence-electron chi connectivity index (χ4n) is 4.22. The second-order valence-electron chi connectivity index (χ2n) is 13.8. The lowest BCUT2D eigenvalue weighted by Gasteiger charge is -2.29. The van der Waals surface area contributed by atoms with E-state index in [4.69, 9.17) is 21.1 Å². The molecular weight excluding hydrogens is 633 g/mol. The maximum Gasteiger partial charge on any atom is 0.420 e. The largest absolute Gasteiger partial charge is 0.443 e. The highest BCUT2D eigenvalue weighted by atomic mass is 35.5. The monoisotopic (exact) mass is 671 g/mol. The number of hydrogen-bond acceptors (Lipinski definition) is 8. The molecule has 1 amide bonds. The number of anilines is 2. The number of halogens is 2. The van der Waals surface area contributed by atoms with Gasteiger partial charge in [0.05, 0.1) is 17.1 Å². The quantitative estimate of drug-likeness (QED) is 0.141. The molecule has 3 aromatic heterocycles. The summed E-state index contributed by atoms with van der Waals surface area (Å²) in [4.78, 5) is 33.0. The molecule has 0 bridgehead atoms. The predicted octanol–water partition coefficient (Wildman–Crippen LogP) is 9.57. The third-order valence-corrected chi connectivity index (χ3v) is 9.57. The number of fused-ring (bicyclic) bond motifs is 1. The lowest BCUT2D eigenvalue weighted by Crippen LogP contribution is -2.34. The summed E-state index contributed by atoms with van der Waals surface area (Å²) in [5, 5.41) is 10.1. The van der Waals surface area contributed by atoms with Crippen molar-refractivity contribution in [2.45, 2.75) is 83.5 Å². The van der Waals surface area contributed by atoms with Crippen molar-refractivity contribution in [3.8, 4) is 11.3 Å². The van der Waals surface area contributed by atoms with Crippen LogP contribution in [0, 0.1) is 5.82 Å². The van der Waals surface area contributed by atoms with E-state index < -0.39 is 37.3 Å². The van der Waals surface area contributed by atoms with E-state index >= 15 is 4.39 Å². The Balaban J connectivity index is 1.96. The van der Waals surface area contributed by atoms with Crippen molar-refractivity contribution in [3.63, 3.8) is 0 Å². The van der Waals surface area contributed by atoms with Crippen LogP contribution in [0.2, 0.25) is 30.7 Å². The van der Waals surface area contributed by atoms with E-state index in [9.17, 15) is 9.59 Å². The summed E-state index contributed by atoms with van der Waals surface area (Å²) < 4.78 is 27.8. The van der Waals surface area contributed by atoms with Gasteiger partial charge in [0, 0.05) is 36.4 Å². The Bertz CT molecular complexity index is 1730. The van der Waals surface area contributed by atoms with Crippen LogP contribution in [-0.4, -0.2) is 57.0 Å². The molecule has 9 nitrogen and oxygen atoms in total. The summed E-state index contributed by atoms with van der Waals surface area (Å²) in [6.07, 6.45) is 1.74. The zero-order chi connectivity index (χ0) is 33.3. The molecule has 0 aliphatic heterocycles. The van der Waals surface area contributed by atoms with Crippen molar-refractivity contribution < 1.29 is 23.5 Å². The zero-order valence-electron chi connectivity index (χ0n) is 27.1. The van der Waals surface area contributed by atoms with Crippen LogP contribution in [0.25, 0.3) is 22.3 Å². The van der Waals surface area contributed by atoms with E-state index in [0.717, 1.165) is 11.8 Å². The SMILES string of the molecule is CC(C)(C)OC(=O)N(c1cc(-c2cc(Cl)ccc2F)nnc1SCC[Si](C)(C)C)c1ccnc2c1ccn2C(=O)OC(C)(C)C. The molecule has 0 saturated carbocycles. The summed E-state index contributed by atoms with van der Waals surface area (Å²) in [5.41, 5.74) is -0.255. The van der Waals surface area contributed by atoms with Crippen molar-refractivity contribution in [1.82, 2.24) is 19.7 Å². The second-order valence-corrected chi connectivity index (χ2v) is 20.9. The van der Waals surface area contributed by atoms with Crippen LogP contribution in [0.15, 0.2) is 53.8 Å². The van der Waals surface area contributed by atoms with Crippen LogP contribution in [0.3, 0.4) is 0 Å². The fraction of sp³-hybridized carbons (Fsp3) is 0.406. The predicted molar refractivity (Wildman–Crippen MR) is 181 cm³/mol. The molecular formula is C32H39ClFN5O4SSi. The molecule has 0 atom stereocenters. The Morgan fingerprint density at radius 3 is 2.31 bits per heavy atom. The molecule has 45 heavy (non-hydrogen) atoms. The smallest absolute Gasteiger partial charge is 0.420 e. The van der Waals surface area contributed by atoms with Gasteiger partial charge in [0.25, 0.3) is 0 Å². The molecule has 0 unspecified atom stereocenters. The topological polar surface area (TPSA) is 99.4 Å². The third kappa shape index (κ3) is 8.83. The highest BCUT2D eigenvalue weighted by Gasteiger charge is 2.31. The van der Waals surface area contributed by atoms with Gasteiger partial charge in [0.1, 0.15) is 22.0 Å². The van der Waals surface area contributed by atoms with Crippen molar-refractivity contribution >= 4 is 66.0 Å². The summed E-state index contributed by atoms with van der Waals surface area (Å²) >= 11 is 7.68. The van der Waals surface area contributed by atoms with Gasteiger partial charge in [-0.1, -0.05) is 31.2 Å². The number of rotatable bonds is 7. The maximum absolute atomic E-state index is 15.0. The minimum atomic E-state index is -1.41. The van der Waals surface area contributed by atoms with Gasteiger partial charge in [-0.3, -0.25) is 0 Å². The Morgan fingerprint density at radius 2 is 1.67 bits per heavy atom. The minimum Gasteiger partial charge on any atom is -0.443 e. The molecule has 0 spiro atoms. The van der Waals surface area contributed by atoms with E-state index in [1.54, 1.807) is 65.9 Å². The number of benzene rings is 1. The van der Waals surface area contributed by atoms with E-state index in [0.29, 0.717) is 26.8 Å². The van der Waals surface area contributed by atoms with Crippen LogP contribution >= 0.6 is 23.4 Å². The van der Waals surface area contributed by atoms with Crippen LogP contribution < -0.4 is 4.90 Å². The summed E-state index contributed by atoms with van der Waals surface area (Å²) in [5.74, 6) is 0.203. The lowest BCUT2D eigenvalue weighted by atomic mass is 10.1. The van der Waals surface area contributed by atoms with Gasteiger partial charge < -0.3 is 9.47 Å². The van der Waals surface area contributed by atoms with Gasteiger partial charge in [-0.05, 0) is 89.7 Å². The van der Waals surface area contributed by atoms with Crippen molar-refractivity contribution in [2.75, 3.05) is 10.7 Å². The van der Waals surface area contributed by atoms with Gasteiger partial charge in [0.2, 0.25) is 0 Å². The van der Waals surface area contributed by atoms with Gasteiger partial charge in [0.15, 0.2) is 5.65 Å². The van der Waals surface area contributed by atoms with Crippen LogP contribution in [0.1, 0.15) is 41.5 Å². The lowest BCUT2D eigenvalue weighted by molar-refractivity contribution is 0.0541. The van der Waals surface area contributed by atoms with Crippen molar-refractivity contribution in [3.05, 3.63) is 59.6 Å². The molecule has 1 aromatic carbocycles. The highest BCUT2D eigenvalue weighted by Crippen LogP contribution is 2.40. The molecule has 13 heteroatoms. The number of hydrogen-bond donors (Lipinski definition) is 0. The normalized spacial score (nSPS) is 12.3. The molecule has 0 fully saturated rings. The third-order valence-electron chi connectivity index (χ3n) is 6.25. The summed E-state index contributed by atoms with van der Waals surface area (Å²) in [6, 6.07) is 10.1. The molecule has 0 saturated heterocycles. The molecule has 3 heterocycles. The maximum atomic E-state index is 15.0. The van der Waals surface area contributed by atoms with Gasteiger partial charge >= 0.3 is 12.2 Å². The van der Waals surface area contributed by atoms with Crippen molar-refractivity contribution in [2.24, 2.45) is 0 Å². The number of nitrogens with zero attached hydrogens (tertiary/aromatic N) is 5. The summed E-state index contributed by atoms with van der Waals surface area (Å²) in [6.45, 7) is 17.5. The second kappa shape index (κ2) is 13.1. The van der Waals surface area contributed by atoms with Crippen LogP contribution in [-0.2, 0) is 9.47 Å². The first-order valence-corrected chi connectivity index (χ1v) is 19.6. The molecule has 0 radical (unpaired) electrons. The van der Waals surface area contributed by atoms with Crippen molar-refractivity contribution in [1.29, 1.82) is 0 Å². The highest BCUT2D eigenvalue weighted by molar-refractivity contribution is 7.99. The first-order valence-electron chi connectivity index (χ1n) is 14.5. The van der Waals surface area contributed by atoms with E-state index in [1.807, 2.05) is 0 Å². The first-order chi connectivity index (χ1) is 20.8. The molecule has 0 aliphatic rings. The first kappa shape index (κ1) is 34.4. The Morgan fingerprint density at radius 1 is 0.978 bits per heavy atom. The Labute approximate surface area is 273 Å². The fourth-order valence-corrected chi connectivity index (χ4v) is 7.84. The number of aromatic nitrogens is 4. The van der Waals surface area contributed by atoms with E-state index in [-0.39, 0.29) is 16.9 Å². The van der Waals surface area contributed by atoms with Gasteiger partial charge in [-0.2, -0.15) is 0 Å². The van der Waals surface area contributed by atoms with Crippen LogP contribution in [0.4, 0.5) is 25.4 Å². The summed E-state index contributed by atoms with van der Waals surface area (Å²) in [7, 11) is -1.41. The molecule has 0 N–H and O–H groups in total. The number of carbonyl (C=O) groups excluding carboxylic acids is 2. The average Bonchev–Trinajstić information content (AvgIpc) is 3.33. The van der Waals surface area contributed by atoms with E-state index in [2.05, 4.69) is 34.8 Å². The standard InChI is InChI=1S/C32H39ClFN5O4SSi/c1-31(2,3)42-29(40)38-15-13-21-25(12-14-35-27(21)38)39(30(41)43-32(4,5)6)26-19-24(22-18-20(33)10-11-23(22)34)36-37-28(26)44-16-17-45(7,8)9/h10-15,18-19H,16-17H2,1-9H3.